The number of carbonyl (C=O) groups is 1. The van der Waals surface area contributed by atoms with Crippen molar-refractivity contribution < 1.29 is 18.5 Å². The molecule has 1 aromatic heterocycles. The van der Waals surface area contributed by atoms with Gasteiger partial charge in [0.05, 0.1) is 18.6 Å². The van der Waals surface area contributed by atoms with E-state index in [1.54, 1.807) is 55.8 Å². The molecule has 0 aliphatic carbocycles. The highest BCUT2D eigenvalue weighted by molar-refractivity contribution is 7.85. The number of unbranched alkanes of at least 4 members (excludes halogenated alkanes) is 1. The SMILES string of the molecule is CCCCOC(=O)/C=C/c1cc(OC)ccc1S(=O)c1ccccn1. The first kappa shape index (κ1) is 18.9. The standard InChI is InChI=1S/C19H21NO4S/c1-3-4-13-24-19(21)11-8-15-14-16(23-2)9-10-17(15)25(22)18-7-5-6-12-20-18/h5-12,14H,3-4,13H2,1-2H3/b11-8+. The van der Waals surface area contributed by atoms with Crippen LogP contribution in [-0.2, 0) is 20.3 Å². The van der Waals surface area contributed by atoms with Crippen LogP contribution in [0.1, 0.15) is 25.3 Å². The van der Waals surface area contributed by atoms with Crippen LogP contribution < -0.4 is 4.74 Å². The number of esters is 1. The largest absolute Gasteiger partial charge is 0.497 e. The second kappa shape index (κ2) is 9.74. The average molecular weight is 359 g/mol. The number of aromatic nitrogens is 1. The summed E-state index contributed by atoms with van der Waals surface area (Å²) in [4.78, 5) is 16.5. The Morgan fingerprint density at radius 3 is 2.80 bits per heavy atom. The molecule has 0 saturated heterocycles. The van der Waals surface area contributed by atoms with Gasteiger partial charge < -0.3 is 9.47 Å². The van der Waals surface area contributed by atoms with E-state index in [1.165, 1.54) is 6.08 Å². The number of hydrogen-bond donors (Lipinski definition) is 0. The zero-order chi connectivity index (χ0) is 18.1. The Morgan fingerprint density at radius 1 is 1.28 bits per heavy atom. The van der Waals surface area contributed by atoms with Gasteiger partial charge in [0.25, 0.3) is 0 Å². The van der Waals surface area contributed by atoms with E-state index in [9.17, 15) is 9.00 Å². The van der Waals surface area contributed by atoms with Crippen LogP contribution in [0.5, 0.6) is 5.75 Å². The zero-order valence-electron chi connectivity index (χ0n) is 14.3. The van der Waals surface area contributed by atoms with Crippen molar-refractivity contribution in [2.24, 2.45) is 0 Å². The van der Waals surface area contributed by atoms with Gasteiger partial charge in [-0.05, 0) is 48.4 Å². The minimum atomic E-state index is -1.46. The Hall–Kier alpha value is -2.47. The minimum absolute atomic E-state index is 0.393. The molecule has 0 N–H and O–H groups in total. The number of benzene rings is 1. The highest BCUT2D eigenvalue weighted by atomic mass is 32.2. The summed E-state index contributed by atoms with van der Waals surface area (Å²) >= 11 is 0. The smallest absolute Gasteiger partial charge is 0.330 e. The number of rotatable bonds is 8. The van der Waals surface area contributed by atoms with Gasteiger partial charge in [-0.2, -0.15) is 0 Å². The summed E-state index contributed by atoms with van der Waals surface area (Å²) < 4.78 is 23.1. The molecule has 1 aromatic carbocycles. The fourth-order valence-electron chi connectivity index (χ4n) is 2.05. The van der Waals surface area contributed by atoms with Crippen LogP contribution in [0.2, 0.25) is 0 Å². The first-order valence-electron chi connectivity index (χ1n) is 8.01. The van der Waals surface area contributed by atoms with Crippen LogP contribution in [0.4, 0.5) is 0 Å². The molecule has 0 radical (unpaired) electrons. The molecule has 1 atom stereocenters. The Balaban J connectivity index is 2.26. The van der Waals surface area contributed by atoms with Gasteiger partial charge in [0.2, 0.25) is 0 Å². The monoisotopic (exact) mass is 359 g/mol. The number of pyridine rings is 1. The molecule has 0 saturated carbocycles. The van der Waals surface area contributed by atoms with Crippen LogP contribution in [0.3, 0.4) is 0 Å². The lowest BCUT2D eigenvalue weighted by Crippen LogP contribution is -2.02. The highest BCUT2D eigenvalue weighted by Gasteiger charge is 2.13. The van der Waals surface area contributed by atoms with E-state index in [1.807, 2.05) is 6.92 Å². The summed E-state index contributed by atoms with van der Waals surface area (Å²) in [5.74, 6) is 0.187. The molecule has 6 heteroatoms. The van der Waals surface area contributed by atoms with Crippen LogP contribution in [-0.4, -0.2) is 28.9 Å². The molecule has 0 aliphatic heterocycles. The van der Waals surface area contributed by atoms with Gasteiger partial charge in [-0.25, -0.2) is 14.0 Å². The quantitative estimate of drug-likeness (QED) is 0.409. The minimum Gasteiger partial charge on any atom is -0.497 e. The van der Waals surface area contributed by atoms with Crippen molar-refractivity contribution in [1.82, 2.24) is 4.98 Å². The second-order valence-corrected chi connectivity index (χ2v) is 6.59. The maximum absolute atomic E-state index is 12.8. The van der Waals surface area contributed by atoms with E-state index < -0.39 is 16.8 Å². The lowest BCUT2D eigenvalue weighted by Gasteiger charge is -2.08. The third kappa shape index (κ3) is 5.53. The van der Waals surface area contributed by atoms with E-state index in [2.05, 4.69) is 4.98 Å². The predicted octanol–water partition coefficient (Wildman–Crippen LogP) is 3.61. The van der Waals surface area contributed by atoms with Gasteiger partial charge >= 0.3 is 5.97 Å². The molecule has 0 bridgehead atoms. The molecule has 5 nitrogen and oxygen atoms in total. The number of hydrogen-bond acceptors (Lipinski definition) is 5. The van der Waals surface area contributed by atoms with Gasteiger partial charge in [-0.15, -0.1) is 0 Å². The first-order valence-corrected chi connectivity index (χ1v) is 9.16. The van der Waals surface area contributed by atoms with Crippen LogP contribution in [0.25, 0.3) is 6.08 Å². The molecule has 0 amide bonds. The van der Waals surface area contributed by atoms with Gasteiger partial charge in [0.1, 0.15) is 21.6 Å². The van der Waals surface area contributed by atoms with Crippen molar-refractivity contribution in [2.75, 3.05) is 13.7 Å². The van der Waals surface area contributed by atoms with E-state index in [0.29, 0.717) is 27.8 Å². The summed E-state index contributed by atoms with van der Waals surface area (Å²) in [5, 5.41) is 0.452. The maximum Gasteiger partial charge on any atom is 0.330 e. The Labute approximate surface area is 150 Å². The summed E-state index contributed by atoms with van der Waals surface area (Å²) in [7, 11) is 0.0927. The number of methoxy groups -OCH3 is 1. The van der Waals surface area contributed by atoms with E-state index in [0.717, 1.165) is 12.8 Å². The first-order chi connectivity index (χ1) is 12.2. The Morgan fingerprint density at radius 2 is 2.12 bits per heavy atom. The highest BCUT2D eigenvalue weighted by Crippen LogP contribution is 2.24. The van der Waals surface area contributed by atoms with Gasteiger partial charge in [-0.3, -0.25) is 0 Å². The van der Waals surface area contributed by atoms with Crippen molar-refractivity contribution in [3.63, 3.8) is 0 Å². The van der Waals surface area contributed by atoms with Crippen molar-refractivity contribution >= 4 is 22.8 Å². The van der Waals surface area contributed by atoms with Crippen LogP contribution in [0.15, 0.2) is 58.6 Å². The normalized spacial score (nSPS) is 12.1. The molecule has 1 unspecified atom stereocenters. The fourth-order valence-corrected chi connectivity index (χ4v) is 3.16. The van der Waals surface area contributed by atoms with E-state index in [-0.39, 0.29) is 0 Å². The molecule has 0 fully saturated rings. The third-order valence-electron chi connectivity index (χ3n) is 3.39. The Bertz CT molecular complexity index is 759. The van der Waals surface area contributed by atoms with E-state index >= 15 is 0 Å². The van der Waals surface area contributed by atoms with Crippen molar-refractivity contribution in [3.05, 3.63) is 54.2 Å². The number of carbonyl (C=O) groups excluding carboxylic acids is 1. The zero-order valence-corrected chi connectivity index (χ0v) is 15.1. The summed E-state index contributed by atoms with van der Waals surface area (Å²) in [5.41, 5.74) is 0.621. The molecular formula is C19H21NO4S. The van der Waals surface area contributed by atoms with Gasteiger partial charge in [0, 0.05) is 12.3 Å². The summed E-state index contributed by atoms with van der Waals surface area (Å²) in [6.07, 6.45) is 6.31. The second-order valence-electron chi connectivity index (χ2n) is 5.19. The van der Waals surface area contributed by atoms with Crippen LogP contribution >= 0.6 is 0 Å². The van der Waals surface area contributed by atoms with Gasteiger partial charge in [0.15, 0.2) is 0 Å². The van der Waals surface area contributed by atoms with E-state index in [4.69, 9.17) is 9.47 Å². The number of nitrogens with zero attached hydrogens (tertiary/aromatic N) is 1. The molecule has 2 rings (SSSR count). The fraction of sp³-hybridized carbons (Fsp3) is 0.263. The summed E-state index contributed by atoms with van der Waals surface area (Å²) in [6, 6.07) is 10.4. The molecule has 1 heterocycles. The topological polar surface area (TPSA) is 65.5 Å². The number of ether oxygens (including phenoxy) is 2. The van der Waals surface area contributed by atoms with Crippen molar-refractivity contribution in [3.8, 4) is 5.75 Å². The lowest BCUT2D eigenvalue weighted by molar-refractivity contribution is -0.137. The summed E-state index contributed by atoms with van der Waals surface area (Å²) in [6.45, 7) is 2.42. The van der Waals surface area contributed by atoms with Crippen molar-refractivity contribution in [2.45, 2.75) is 29.7 Å². The van der Waals surface area contributed by atoms with Crippen LogP contribution in [0, 0.1) is 0 Å². The molecule has 25 heavy (non-hydrogen) atoms. The Kier molecular flexibility index (Phi) is 7.35. The lowest BCUT2D eigenvalue weighted by atomic mass is 10.2. The molecule has 2 aromatic rings. The predicted molar refractivity (Wildman–Crippen MR) is 96.8 cm³/mol. The van der Waals surface area contributed by atoms with Crippen molar-refractivity contribution in [1.29, 1.82) is 0 Å². The molecule has 132 valence electrons. The molecular weight excluding hydrogens is 338 g/mol. The maximum atomic E-state index is 12.8. The molecule has 0 spiro atoms. The third-order valence-corrected chi connectivity index (χ3v) is 4.78. The average Bonchev–Trinajstić information content (AvgIpc) is 2.66. The molecule has 0 aliphatic rings. The van der Waals surface area contributed by atoms with Gasteiger partial charge in [-0.1, -0.05) is 19.4 Å².